The lowest BCUT2D eigenvalue weighted by molar-refractivity contribution is -0.143. The fourth-order valence-corrected chi connectivity index (χ4v) is 4.97. The van der Waals surface area contributed by atoms with E-state index in [-0.39, 0.29) is 11.8 Å². The number of hydrogen-bond acceptors (Lipinski definition) is 2. The van der Waals surface area contributed by atoms with Gasteiger partial charge in [-0.1, -0.05) is 23.7 Å². The third-order valence-corrected chi connectivity index (χ3v) is 6.89. The third kappa shape index (κ3) is 4.72. The van der Waals surface area contributed by atoms with E-state index in [4.69, 9.17) is 16.7 Å². The van der Waals surface area contributed by atoms with Crippen molar-refractivity contribution in [3.05, 3.63) is 57.9 Å². The first-order valence-corrected chi connectivity index (χ1v) is 11.4. The van der Waals surface area contributed by atoms with Crippen LogP contribution in [0.25, 0.3) is 0 Å². The van der Waals surface area contributed by atoms with Gasteiger partial charge in [0, 0.05) is 23.8 Å². The second-order valence-corrected chi connectivity index (χ2v) is 9.12. The summed E-state index contributed by atoms with van der Waals surface area (Å²) in [7, 11) is 0. The minimum absolute atomic E-state index is 0.0290. The zero-order chi connectivity index (χ0) is 21.1. The monoisotopic (exact) mass is 428 g/mol. The molecule has 1 fully saturated rings. The van der Waals surface area contributed by atoms with Crippen molar-refractivity contribution in [1.29, 1.82) is 0 Å². The molecule has 1 aromatic carbocycles. The number of nitrogens with one attached hydrogen (secondary N) is 1. The highest BCUT2D eigenvalue weighted by atomic mass is 35.5. The average molecular weight is 429 g/mol. The van der Waals surface area contributed by atoms with Gasteiger partial charge in [0.05, 0.1) is 5.92 Å². The van der Waals surface area contributed by atoms with Gasteiger partial charge in [0.25, 0.3) is 5.91 Å². The first-order valence-electron chi connectivity index (χ1n) is 11.0. The van der Waals surface area contributed by atoms with Crippen molar-refractivity contribution in [2.24, 2.45) is 11.8 Å². The van der Waals surface area contributed by atoms with Crippen LogP contribution in [0.2, 0.25) is 5.02 Å². The third-order valence-electron chi connectivity index (χ3n) is 6.64. The van der Waals surface area contributed by atoms with Crippen molar-refractivity contribution < 1.29 is 14.7 Å². The molecule has 30 heavy (non-hydrogen) atoms. The van der Waals surface area contributed by atoms with Gasteiger partial charge in [-0.05, 0) is 86.6 Å². The Bertz CT molecular complexity index is 911. The molecule has 1 saturated carbocycles. The summed E-state index contributed by atoms with van der Waals surface area (Å²) in [5, 5.41) is 13.0. The number of amides is 1. The highest BCUT2D eigenvalue weighted by molar-refractivity contribution is 6.30. The van der Waals surface area contributed by atoms with Crippen molar-refractivity contribution in [2.45, 2.75) is 57.9 Å². The summed E-state index contributed by atoms with van der Waals surface area (Å²) < 4.78 is 2.17. The number of aryl methyl sites for hydroxylation is 1. The summed E-state index contributed by atoms with van der Waals surface area (Å²) in [6, 6.07) is 9.88. The van der Waals surface area contributed by atoms with Gasteiger partial charge >= 0.3 is 5.97 Å². The molecule has 1 amide bonds. The van der Waals surface area contributed by atoms with Gasteiger partial charge in [0.15, 0.2) is 0 Å². The molecule has 1 aromatic heterocycles. The summed E-state index contributed by atoms with van der Waals surface area (Å²) in [4.78, 5) is 24.2. The lowest BCUT2D eigenvalue weighted by atomic mass is 9.82. The maximum Gasteiger partial charge on any atom is 0.306 e. The summed E-state index contributed by atoms with van der Waals surface area (Å²) >= 11 is 6.03. The number of carboxylic acids is 1. The zero-order valence-corrected chi connectivity index (χ0v) is 18.0. The first kappa shape index (κ1) is 21.0. The van der Waals surface area contributed by atoms with Crippen molar-refractivity contribution in [2.75, 3.05) is 6.54 Å². The Labute approximate surface area is 182 Å². The topological polar surface area (TPSA) is 71.3 Å². The number of rotatable bonds is 6. The average Bonchev–Trinajstić information content (AvgIpc) is 3.12. The number of carboxylic acid groups (broad SMARTS) is 1. The minimum atomic E-state index is -0.692. The van der Waals surface area contributed by atoms with Crippen molar-refractivity contribution in [1.82, 2.24) is 9.88 Å². The minimum Gasteiger partial charge on any atom is -0.481 e. The molecule has 4 rings (SSSR count). The van der Waals surface area contributed by atoms with E-state index in [9.17, 15) is 9.59 Å². The van der Waals surface area contributed by atoms with Crippen LogP contribution in [0.1, 0.15) is 65.8 Å². The van der Waals surface area contributed by atoms with Gasteiger partial charge in [-0.25, -0.2) is 0 Å². The molecule has 0 atom stereocenters. The van der Waals surface area contributed by atoms with E-state index >= 15 is 0 Å². The van der Waals surface area contributed by atoms with Crippen molar-refractivity contribution >= 4 is 23.5 Å². The number of aromatic nitrogens is 1. The van der Waals surface area contributed by atoms with Crippen LogP contribution in [-0.2, 0) is 24.2 Å². The normalized spacial score (nSPS) is 21.1. The zero-order valence-electron chi connectivity index (χ0n) is 17.2. The van der Waals surface area contributed by atoms with Crippen LogP contribution in [0.4, 0.5) is 0 Å². The van der Waals surface area contributed by atoms with Crippen LogP contribution >= 0.6 is 11.6 Å². The molecule has 160 valence electrons. The van der Waals surface area contributed by atoms with E-state index in [0.717, 1.165) is 43.4 Å². The number of fused-ring (bicyclic) bond motifs is 1. The summed E-state index contributed by atoms with van der Waals surface area (Å²) in [6.07, 6.45) is 7.50. The van der Waals surface area contributed by atoms with E-state index in [0.29, 0.717) is 36.9 Å². The van der Waals surface area contributed by atoms with Crippen LogP contribution in [0.5, 0.6) is 0 Å². The Morgan fingerprint density at radius 3 is 2.47 bits per heavy atom. The largest absolute Gasteiger partial charge is 0.481 e. The van der Waals surface area contributed by atoms with Gasteiger partial charge in [-0.15, -0.1) is 0 Å². The fourth-order valence-electron chi connectivity index (χ4n) is 4.85. The predicted molar refractivity (Wildman–Crippen MR) is 117 cm³/mol. The van der Waals surface area contributed by atoms with Crippen LogP contribution in [0, 0.1) is 11.8 Å². The molecular weight excluding hydrogens is 400 g/mol. The molecule has 0 aliphatic heterocycles. The van der Waals surface area contributed by atoms with E-state index in [1.807, 2.05) is 24.3 Å². The second-order valence-electron chi connectivity index (χ2n) is 8.69. The Balaban J connectivity index is 1.46. The van der Waals surface area contributed by atoms with E-state index < -0.39 is 5.97 Å². The maximum absolute atomic E-state index is 13.1. The molecule has 2 N–H and O–H groups in total. The molecule has 0 saturated heterocycles. The summed E-state index contributed by atoms with van der Waals surface area (Å²) in [6.45, 7) is 1.28. The lowest BCUT2D eigenvalue weighted by Gasteiger charge is -2.26. The summed E-state index contributed by atoms with van der Waals surface area (Å²) in [5.41, 5.74) is 4.44. The van der Waals surface area contributed by atoms with E-state index in [1.54, 1.807) is 0 Å². The molecule has 1 heterocycles. The van der Waals surface area contributed by atoms with Crippen molar-refractivity contribution in [3.8, 4) is 0 Å². The Kier molecular flexibility index (Phi) is 6.47. The molecule has 0 bridgehead atoms. The lowest BCUT2D eigenvalue weighted by Crippen LogP contribution is -2.33. The van der Waals surface area contributed by atoms with Gasteiger partial charge in [0.1, 0.15) is 5.69 Å². The number of halogens is 1. The van der Waals surface area contributed by atoms with E-state index in [1.165, 1.54) is 17.7 Å². The smallest absolute Gasteiger partial charge is 0.306 e. The number of aliphatic carboxylic acids is 1. The predicted octanol–water partition coefficient (Wildman–Crippen LogP) is 4.69. The number of carbonyl (C=O) groups is 2. The Morgan fingerprint density at radius 2 is 1.77 bits per heavy atom. The van der Waals surface area contributed by atoms with Crippen molar-refractivity contribution in [3.63, 3.8) is 0 Å². The molecule has 2 aromatic rings. The first-order chi connectivity index (χ1) is 14.5. The highest BCUT2D eigenvalue weighted by Crippen LogP contribution is 2.29. The maximum atomic E-state index is 13.1. The molecule has 0 radical (unpaired) electrons. The number of benzene rings is 1. The fraction of sp³-hybridized carbons (Fsp3) is 0.500. The highest BCUT2D eigenvalue weighted by Gasteiger charge is 2.27. The van der Waals surface area contributed by atoms with Gasteiger partial charge in [-0.2, -0.15) is 0 Å². The SMILES string of the molecule is O=C(NCC1CCC(C(=O)O)CC1)c1cc2c(n1Cc1ccc(Cl)cc1)CCCC2. The van der Waals surface area contributed by atoms with Crippen LogP contribution in [-0.4, -0.2) is 28.1 Å². The number of carbonyl (C=O) groups excluding carboxylic acids is 1. The number of nitrogens with zero attached hydrogens (tertiary/aromatic N) is 1. The quantitative estimate of drug-likeness (QED) is 0.701. The second kappa shape index (κ2) is 9.25. The van der Waals surface area contributed by atoms with Crippen LogP contribution in [0.15, 0.2) is 30.3 Å². The molecule has 0 unspecified atom stereocenters. The van der Waals surface area contributed by atoms with E-state index in [2.05, 4.69) is 16.0 Å². The number of hydrogen-bond donors (Lipinski definition) is 2. The molecular formula is C24H29ClN2O3. The van der Waals surface area contributed by atoms with Crippen LogP contribution in [0.3, 0.4) is 0 Å². The Hall–Kier alpha value is -2.27. The summed E-state index contributed by atoms with van der Waals surface area (Å²) in [5.74, 6) is -0.582. The molecule has 0 spiro atoms. The molecule has 2 aliphatic rings. The molecule has 2 aliphatic carbocycles. The van der Waals surface area contributed by atoms with Crippen LogP contribution < -0.4 is 5.32 Å². The van der Waals surface area contributed by atoms with Gasteiger partial charge in [0.2, 0.25) is 0 Å². The van der Waals surface area contributed by atoms with Gasteiger partial charge < -0.3 is 15.0 Å². The molecule has 6 heteroatoms. The standard InChI is InChI=1S/C24H29ClN2O3/c25-20-11-7-17(8-12-20)15-27-21-4-2-1-3-19(21)13-22(27)23(28)26-14-16-5-9-18(10-6-16)24(29)30/h7-8,11-13,16,18H,1-6,9-10,14-15H2,(H,26,28)(H,29,30). The Morgan fingerprint density at radius 1 is 1.07 bits per heavy atom. The van der Waals surface area contributed by atoms with Gasteiger partial charge in [-0.3, -0.25) is 9.59 Å². The molecule has 5 nitrogen and oxygen atoms in total.